The van der Waals surface area contributed by atoms with E-state index < -0.39 is 48.6 Å². The Morgan fingerprint density at radius 2 is 1.00 bits per heavy atom. The fourth-order valence-electron chi connectivity index (χ4n) is 12.0. The van der Waals surface area contributed by atoms with E-state index in [-0.39, 0.29) is 77.7 Å². The molecule has 0 spiro atoms. The molecule has 0 aromatic heterocycles. The van der Waals surface area contributed by atoms with E-state index in [0.29, 0.717) is 60.6 Å². The van der Waals surface area contributed by atoms with Crippen LogP contribution in [0.25, 0.3) is 21.5 Å². The minimum absolute atomic E-state index is 0.00739. The number of unbranched alkanes of at least 4 members (excludes halogenated alkanes) is 10. The zero-order valence-corrected chi connectivity index (χ0v) is 66.6. The number of phenols is 3. The molecule has 0 aliphatic carbocycles. The summed E-state index contributed by atoms with van der Waals surface area (Å²) in [5.74, 6) is -0.439. The van der Waals surface area contributed by atoms with Gasteiger partial charge in [0.1, 0.15) is 39.7 Å². The Balaban J connectivity index is 0.000000215. The van der Waals surface area contributed by atoms with Crippen LogP contribution in [0.4, 0.5) is 17.1 Å². The van der Waals surface area contributed by atoms with E-state index in [1.807, 2.05) is 93.6 Å². The number of sulfonamides is 1. The number of rotatable bonds is 35. The Morgan fingerprint density at radius 3 is 1.58 bits per heavy atom. The molecule has 0 aliphatic heterocycles. The maximum atomic E-state index is 13.4. The Bertz CT molecular complexity index is 5050. The van der Waals surface area contributed by atoms with Crippen LogP contribution in [0.15, 0.2) is 198 Å². The normalized spacial score (nSPS) is 11.5. The third-order valence-electron chi connectivity index (χ3n) is 18.1. The lowest BCUT2D eigenvalue weighted by atomic mass is 10.0. The molecule has 0 radical (unpaired) electrons. The molecule has 582 valence electrons. The molecule has 0 saturated heterocycles. The molecule has 24 heteroatoms. The van der Waals surface area contributed by atoms with E-state index in [4.69, 9.17) is 49.0 Å². The minimum Gasteiger partial charge on any atom is -0.506 e. The summed E-state index contributed by atoms with van der Waals surface area (Å²) in [4.78, 5) is 51.0. The predicted octanol–water partition coefficient (Wildman–Crippen LogP) is 20.0. The number of fused-ring (bicyclic) bond motifs is 2. The first-order chi connectivity index (χ1) is 52.8. The first kappa shape index (κ1) is 85.7. The Hall–Kier alpha value is -9.87. The summed E-state index contributed by atoms with van der Waals surface area (Å²) in [5.41, 5.74) is 5.39. The molecule has 0 bridgehead atoms. The van der Waals surface area contributed by atoms with E-state index in [1.165, 1.54) is 112 Å². The molecule has 4 amide bonds. The van der Waals surface area contributed by atoms with Crippen LogP contribution in [0, 0.1) is 27.7 Å². The van der Waals surface area contributed by atoms with Crippen molar-refractivity contribution in [2.75, 3.05) is 48.9 Å². The highest BCUT2D eigenvalue weighted by Crippen LogP contribution is 2.37. The van der Waals surface area contributed by atoms with Crippen molar-refractivity contribution in [3.8, 4) is 34.5 Å². The Kier molecular flexibility index (Phi) is 33.0. The molecule has 10 aromatic carbocycles. The summed E-state index contributed by atoms with van der Waals surface area (Å²) in [6.07, 6.45) is 14.4. The summed E-state index contributed by atoms with van der Waals surface area (Å²) in [6.45, 7) is 14.2. The number of hydrogen-bond acceptors (Lipinski definition) is 14. The molecule has 8 N–H and O–H groups in total. The molecular formula is C86H96Cl3N5O14S2. The van der Waals surface area contributed by atoms with Crippen LogP contribution < -0.4 is 40.2 Å². The summed E-state index contributed by atoms with van der Waals surface area (Å²) in [6, 6.07) is 52.2. The molecule has 110 heavy (non-hydrogen) atoms. The van der Waals surface area contributed by atoms with Crippen molar-refractivity contribution < 1.29 is 65.5 Å². The van der Waals surface area contributed by atoms with Gasteiger partial charge >= 0.3 is 0 Å². The average molecular weight is 1590 g/mol. The summed E-state index contributed by atoms with van der Waals surface area (Å²) in [5, 5.41) is 44.0. The highest BCUT2D eigenvalue weighted by atomic mass is 35.5. The van der Waals surface area contributed by atoms with E-state index in [2.05, 4.69) is 45.9 Å². The summed E-state index contributed by atoms with van der Waals surface area (Å²) >= 11 is 18.2. The Labute approximate surface area is 660 Å². The SMILES string of the molecule is CCCCCCCCCCCCOc1ccc(S(=O)(=O)C(CC)C(=O)Nc2cc(O)c(NC(=O)c3ccc(Cl)c(Cl)c3)cc2Cl)cc1.Cc1ccc(OCCCCNC(=O)c2ccc3ccccc3c2O)c(C)c1.Cc1ccc(OCCCNS(=O)(=O)c2cccc(NC(=O)c3ccc4ccccc4c3O)c2)c(C)c1. The van der Waals surface area contributed by atoms with Gasteiger partial charge in [-0.2, -0.15) is 0 Å². The van der Waals surface area contributed by atoms with Crippen molar-refractivity contribution in [1.29, 1.82) is 0 Å². The molecule has 0 fully saturated rings. The molecule has 0 saturated carbocycles. The Morgan fingerprint density at radius 1 is 0.445 bits per heavy atom. The zero-order chi connectivity index (χ0) is 79.3. The van der Waals surface area contributed by atoms with Crippen LogP contribution in [-0.4, -0.2) is 93.9 Å². The lowest BCUT2D eigenvalue weighted by Gasteiger charge is -2.18. The lowest BCUT2D eigenvalue weighted by molar-refractivity contribution is -0.115. The van der Waals surface area contributed by atoms with Gasteiger partial charge in [-0.15, -0.1) is 0 Å². The van der Waals surface area contributed by atoms with Crippen molar-refractivity contribution in [3.05, 3.63) is 242 Å². The number of amides is 4. The van der Waals surface area contributed by atoms with Gasteiger partial charge < -0.3 is 50.8 Å². The van der Waals surface area contributed by atoms with Gasteiger partial charge in [0.25, 0.3) is 17.7 Å². The zero-order valence-electron chi connectivity index (χ0n) is 62.7. The van der Waals surface area contributed by atoms with Gasteiger partial charge in [-0.1, -0.05) is 209 Å². The molecule has 0 aliphatic rings. The van der Waals surface area contributed by atoms with Crippen LogP contribution >= 0.6 is 34.8 Å². The molecule has 10 rings (SSSR count). The molecule has 0 heterocycles. The molecule has 19 nitrogen and oxygen atoms in total. The second-order valence-corrected chi connectivity index (χ2v) is 31.8. The summed E-state index contributed by atoms with van der Waals surface area (Å²) < 4.78 is 72.3. The maximum Gasteiger partial charge on any atom is 0.259 e. The van der Waals surface area contributed by atoms with Gasteiger partial charge in [-0.3, -0.25) is 19.2 Å². The number of carbonyl (C=O) groups is 4. The van der Waals surface area contributed by atoms with Gasteiger partial charge in [0.05, 0.1) is 67.2 Å². The van der Waals surface area contributed by atoms with E-state index in [1.54, 1.807) is 55.5 Å². The number of anilines is 3. The number of hydrogen-bond donors (Lipinski definition) is 8. The fraction of sp³-hybridized carbons (Fsp3) is 0.302. The second kappa shape index (κ2) is 42.4. The monoisotopic (exact) mass is 1590 g/mol. The lowest BCUT2D eigenvalue weighted by Crippen LogP contribution is -2.34. The van der Waals surface area contributed by atoms with Crippen LogP contribution in [0.5, 0.6) is 34.5 Å². The highest BCUT2D eigenvalue weighted by molar-refractivity contribution is 7.92. The van der Waals surface area contributed by atoms with E-state index in [9.17, 15) is 51.3 Å². The number of sulfone groups is 1. The number of halogens is 3. The van der Waals surface area contributed by atoms with Gasteiger partial charge in [0.15, 0.2) is 9.84 Å². The number of carbonyl (C=O) groups excluding carboxylic acids is 4. The quantitative estimate of drug-likeness (QED) is 0.0135. The number of benzene rings is 10. The minimum atomic E-state index is -4.07. The smallest absolute Gasteiger partial charge is 0.259 e. The molecule has 10 aromatic rings. The van der Waals surface area contributed by atoms with Crippen molar-refractivity contribution in [2.45, 2.75) is 146 Å². The largest absolute Gasteiger partial charge is 0.506 e. The van der Waals surface area contributed by atoms with Gasteiger partial charge in [0.2, 0.25) is 15.9 Å². The van der Waals surface area contributed by atoms with Gasteiger partial charge in [-0.05, 0) is 173 Å². The topological polar surface area (TPSA) is 285 Å². The van der Waals surface area contributed by atoms with E-state index in [0.717, 1.165) is 70.7 Å². The number of nitrogens with one attached hydrogen (secondary N) is 5. The fourth-order valence-corrected chi connectivity index (χ4v) is 15.3. The van der Waals surface area contributed by atoms with Gasteiger partial charge in [-0.25, -0.2) is 21.6 Å². The van der Waals surface area contributed by atoms with E-state index >= 15 is 0 Å². The van der Waals surface area contributed by atoms with Crippen molar-refractivity contribution >= 4 is 117 Å². The van der Waals surface area contributed by atoms with Crippen LogP contribution in [0.3, 0.4) is 0 Å². The highest BCUT2D eigenvalue weighted by Gasteiger charge is 2.33. The van der Waals surface area contributed by atoms with Crippen molar-refractivity contribution in [1.82, 2.24) is 10.0 Å². The number of aryl methyl sites for hydroxylation is 4. The predicted molar refractivity (Wildman–Crippen MR) is 441 cm³/mol. The van der Waals surface area contributed by atoms with Gasteiger partial charge in [0, 0.05) is 41.2 Å². The standard InChI is InChI=1S/C35H43Cl3N2O6S.C28H28N2O5S.C23H25NO3/c1-3-5-6-7-8-9-10-11-12-13-20-46-25-15-17-26(18-16-25)47(44,45)33(4-2)35(43)39-30-23-32(41)31(22-29(30)38)40-34(42)24-14-19-27(36)28(37)21-24;1-19-11-14-26(20(2)17-19)35-16-6-15-29-36(33,34)23-9-5-8-22(18-23)30-28(32)25-13-12-21-7-3-4-10-24(21)27(25)31;1-16-9-12-21(17(2)15-16)27-14-6-5-13-24-23(26)20-11-10-18-7-3-4-8-19(18)22(20)25/h14-19,21-23,33,41H,3-13,20H2,1-2H3,(H,39,43)(H,40,42);3-5,7-14,17-18,29,31H,6,15-16H2,1-2H3,(H,30,32);3-4,7-12,15,25H,5-6,13-14H2,1-2H3,(H,24,26). The average Bonchev–Trinajstić information content (AvgIpc) is 0.809. The first-order valence-corrected chi connectivity index (χ1v) is 41.0. The van der Waals surface area contributed by atoms with Crippen molar-refractivity contribution in [3.63, 3.8) is 0 Å². The van der Waals surface area contributed by atoms with Crippen LogP contribution in [0.1, 0.15) is 157 Å². The number of ether oxygens (including phenoxy) is 3. The first-order valence-electron chi connectivity index (χ1n) is 36.9. The van der Waals surface area contributed by atoms with Crippen LogP contribution in [0.2, 0.25) is 15.1 Å². The third kappa shape index (κ3) is 25.1. The third-order valence-corrected chi connectivity index (χ3v) is 22.8. The number of phenolic OH excluding ortho intramolecular Hbond substituents is 3. The maximum absolute atomic E-state index is 13.4. The molecule has 1 atom stereocenters. The molecule has 1 unspecified atom stereocenters. The number of aromatic hydroxyl groups is 3. The van der Waals surface area contributed by atoms with Crippen molar-refractivity contribution in [2.24, 2.45) is 0 Å². The summed E-state index contributed by atoms with van der Waals surface area (Å²) in [7, 11) is -7.85. The van der Waals surface area contributed by atoms with Crippen LogP contribution in [-0.2, 0) is 24.7 Å². The molecular weight excluding hydrogens is 1500 g/mol. The second-order valence-electron chi connectivity index (χ2n) is 26.7.